The molecule has 0 N–H and O–H groups in total. The zero-order chi connectivity index (χ0) is 21.1. The molecule has 0 aliphatic rings. The minimum absolute atomic E-state index is 0.00748. The molecular formula is C23H46O4Si. The normalized spacial score (nSPS) is 12.7. The van der Waals surface area contributed by atoms with Crippen molar-refractivity contribution in [2.75, 3.05) is 14.2 Å². The monoisotopic (exact) mass is 414 g/mol. The van der Waals surface area contributed by atoms with Crippen molar-refractivity contribution >= 4 is 14.5 Å². The largest absolute Gasteiger partial charge is 0.460 e. The van der Waals surface area contributed by atoms with Crippen LogP contribution in [0.25, 0.3) is 0 Å². The summed E-state index contributed by atoms with van der Waals surface area (Å²) < 4.78 is 16.7. The molecule has 0 fully saturated rings. The third kappa shape index (κ3) is 14.4. The lowest BCUT2D eigenvalue weighted by atomic mass is 10.0. The van der Waals surface area contributed by atoms with Gasteiger partial charge in [0, 0.05) is 20.3 Å². The number of ether oxygens (including phenoxy) is 1. The Kier molecular flexibility index (Phi) is 18.0. The Morgan fingerprint density at radius 3 is 1.75 bits per heavy atom. The maximum Gasteiger partial charge on any atom is 0.337 e. The Morgan fingerprint density at radius 1 is 0.857 bits per heavy atom. The van der Waals surface area contributed by atoms with Crippen LogP contribution in [0.2, 0.25) is 12.1 Å². The van der Waals surface area contributed by atoms with E-state index >= 15 is 0 Å². The summed E-state index contributed by atoms with van der Waals surface area (Å²) in [5.41, 5.74) is 0. The summed E-state index contributed by atoms with van der Waals surface area (Å²) in [7, 11) is 1.76. The van der Waals surface area contributed by atoms with Crippen LogP contribution in [-0.4, -0.2) is 34.9 Å². The standard InChI is InChI=1S/C23H46O4Si/c1-6-20-28(25-4,26-5)21-18-16-14-12-10-8-9-11-13-15-17-19-22(3)27-23(24)7-2/h7,22H,2,6,8-21H2,1,3-5H3. The van der Waals surface area contributed by atoms with E-state index in [1.54, 1.807) is 0 Å². The summed E-state index contributed by atoms with van der Waals surface area (Å²) >= 11 is 0. The van der Waals surface area contributed by atoms with Gasteiger partial charge in [0.25, 0.3) is 0 Å². The third-order valence-corrected chi connectivity index (χ3v) is 9.39. The molecular weight excluding hydrogens is 368 g/mol. The molecule has 0 saturated carbocycles. The minimum atomic E-state index is -1.89. The van der Waals surface area contributed by atoms with Crippen LogP contribution >= 0.6 is 0 Å². The van der Waals surface area contributed by atoms with Gasteiger partial charge < -0.3 is 13.6 Å². The first-order valence-corrected chi connectivity index (χ1v) is 13.7. The van der Waals surface area contributed by atoms with Crippen molar-refractivity contribution in [3.05, 3.63) is 12.7 Å². The first kappa shape index (κ1) is 27.3. The van der Waals surface area contributed by atoms with Gasteiger partial charge in [0.05, 0.1) is 6.10 Å². The van der Waals surface area contributed by atoms with Crippen LogP contribution in [0.4, 0.5) is 0 Å². The Balaban J connectivity index is 3.42. The smallest absolute Gasteiger partial charge is 0.337 e. The second-order valence-corrected chi connectivity index (χ2v) is 11.6. The highest BCUT2D eigenvalue weighted by Crippen LogP contribution is 2.23. The van der Waals surface area contributed by atoms with Crippen molar-refractivity contribution in [1.29, 1.82) is 0 Å². The molecule has 0 saturated heterocycles. The SMILES string of the molecule is C=CC(=O)OC(C)CCCCCCCCCCCCC[Si](CCC)(OC)OC. The summed E-state index contributed by atoms with van der Waals surface area (Å²) in [5.74, 6) is -0.313. The van der Waals surface area contributed by atoms with Gasteiger partial charge in [0.15, 0.2) is 0 Å². The number of hydrogen-bond acceptors (Lipinski definition) is 4. The lowest BCUT2D eigenvalue weighted by molar-refractivity contribution is -0.142. The van der Waals surface area contributed by atoms with E-state index in [1.165, 1.54) is 70.3 Å². The quantitative estimate of drug-likeness (QED) is 0.0937. The van der Waals surface area contributed by atoms with Gasteiger partial charge in [-0.3, -0.25) is 0 Å². The second kappa shape index (κ2) is 18.4. The zero-order valence-corrected chi connectivity index (χ0v) is 20.1. The highest BCUT2D eigenvalue weighted by Gasteiger charge is 2.33. The number of unbranched alkanes of at least 4 members (excludes halogenated alkanes) is 10. The molecule has 4 nitrogen and oxygen atoms in total. The molecule has 0 aromatic carbocycles. The van der Waals surface area contributed by atoms with Gasteiger partial charge in [-0.1, -0.05) is 84.1 Å². The highest BCUT2D eigenvalue weighted by atomic mass is 28.4. The van der Waals surface area contributed by atoms with Crippen LogP contribution in [-0.2, 0) is 18.4 Å². The van der Waals surface area contributed by atoms with Crippen LogP contribution in [0.3, 0.4) is 0 Å². The average molecular weight is 415 g/mol. The summed E-state index contributed by atoms with van der Waals surface area (Å²) in [5, 5.41) is 0. The molecule has 0 amide bonds. The molecule has 1 unspecified atom stereocenters. The van der Waals surface area contributed by atoms with Crippen molar-refractivity contribution in [3.8, 4) is 0 Å². The van der Waals surface area contributed by atoms with Crippen LogP contribution < -0.4 is 0 Å². The number of hydrogen-bond donors (Lipinski definition) is 0. The van der Waals surface area contributed by atoms with E-state index in [2.05, 4.69) is 13.5 Å². The van der Waals surface area contributed by atoms with Crippen molar-refractivity contribution in [1.82, 2.24) is 0 Å². The molecule has 28 heavy (non-hydrogen) atoms. The van der Waals surface area contributed by atoms with Crippen molar-refractivity contribution < 1.29 is 18.4 Å². The summed E-state index contributed by atoms with van der Waals surface area (Å²) in [6.07, 6.45) is 17.6. The molecule has 5 heteroatoms. The van der Waals surface area contributed by atoms with Crippen LogP contribution in [0.5, 0.6) is 0 Å². The number of esters is 1. The molecule has 0 radical (unpaired) electrons. The molecule has 0 heterocycles. The third-order valence-electron chi connectivity index (χ3n) is 5.53. The predicted octanol–water partition coefficient (Wildman–Crippen LogP) is 6.93. The molecule has 0 spiro atoms. The maximum atomic E-state index is 11.1. The highest BCUT2D eigenvalue weighted by molar-refractivity contribution is 6.67. The van der Waals surface area contributed by atoms with Crippen LogP contribution in [0, 0.1) is 0 Å². The fraction of sp³-hybridized carbons (Fsp3) is 0.870. The fourth-order valence-electron chi connectivity index (χ4n) is 3.72. The Bertz CT molecular complexity index is 383. The molecule has 1 atom stereocenters. The van der Waals surface area contributed by atoms with Crippen LogP contribution in [0.15, 0.2) is 12.7 Å². The predicted molar refractivity (Wildman–Crippen MR) is 121 cm³/mol. The van der Waals surface area contributed by atoms with Gasteiger partial charge in [-0.2, -0.15) is 0 Å². The Hall–Kier alpha value is -0.653. The van der Waals surface area contributed by atoms with Crippen molar-refractivity contribution in [3.63, 3.8) is 0 Å². The molecule has 0 rings (SSSR count). The average Bonchev–Trinajstić information content (AvgIpc) is 2.70. The topological polar surface area (TPSA) is 44.8 Å². The van der Waals surface area contributed by atoms with Gasteiger partial charge in [-0.05, 0) is 31.9 Å². The van der Waals surface area contributed by atoms with Gasteiger partial charge in [-0.15, -0.1) is 0 Å². The summed E-state index contributed by atoms with van der Waals surface area (Å²) in [4.78, 5) is 11.1. The lowest BCUT2D eigenvalue weighted by Crippen LogP contribution is -2.39. The van der Waals surface area contributed by atoms with E-state index in [-0.39, 0.29) is 12.1 Å². The van der Waals surface area contributed by atoms with E-state index in [4.69, 9.17) is 13.6 Å². The molecule has 166 valence electrons. The fourth-order valence-corrected chi connectivity index (χ4v) is 6.50. The maximum absolute atomic E-state index is 11.1. The summed E-state index contributed by atoms with van der Waals surface area (Å²) in [6, 6.07) is 2.25. The molecule has 0 bridgehead atoms. The van der Waals surface area contributed by atoms with Crippen LogP contribution in [0.1, 0.15) is 97.3 Å². The van der Waals surface area contributed by atoms with Crippen molar-refractivity contribution in [2.24, 2.45) is 0 Å². The van der Waals surface area contributed by atoms with E-state index in [0.717, 1.165) is 31.4 Å². The number of carbonyl (C=O) groups is 1. The Labute approximate surface area is 175 Å². The summed E-state index contributed by atoms with van der Waals surface area (Å²) in [6.45, 7) is 7.59. The van der Waals surface area contributed by atoms with E-state index in [1.807, 2.05) is 21.1 Å². The van der Waals surface area contributed by atoms with E-state index in [9.17, 15) is 4.79 Å². The van der Waals surface area contributed by atoms with Gasteiger partial charge in [0.2, 0.25) is 0 Å². The minimum Gasteiger partial charge on any atom is -0.460 e. The van der Waals surface area contributed by atoms with Gasteiger partial charge >= 0.3 is 14.5 Å². The number of carbonyl (C=O) groups excluding carboxylic acids is 1. The van der Waals surface area contributed by atoms with Gasteiger partial charge in [0.1, 0.15) is 0 Å². The van der Waals surface area contributed by atoms with E-state index in [0.29, 0.717) is 0 Å². The molecule has 0 aromatic rings. The second-order valence-electron chi connectivity index (χ2n) is 7.95. The Morgan fingerprint density at radius 2 is 1.32 bits per heavy atom. The molecule has 0 aliphatic carbocycles. The molecule has 0 aliphatic heterocycles. The first-order valence-electron chi connectivity index (χ1n) is 11.5. The number of rotatable bonds is 20. The lowest BCUT2D eigenvalue weighted by Gasteiger charge is -2.27. The van der Waals surface area contributed by atoms with E-state index < -0.39 is 8.56 Å². The molecule has 0 aromatic heterocycles. The van der Waals surface area contributed by atoms with Gasteiger partial charge in [-0.25, -0.2) is 4.79 Å². The van der Waals surface area contributed by atoms with Crippen molar-refractivity contribution in [2.45, 2.75) is 116 Å². The zero-order valence-electron chi connectivity index (χ0n) is 19.1. The first-order chi connectivity index (χ1) is 13.5.